The zero-order valence-electron chi connectivity index (χ0n) is 15.1. The quantitative estimate of drug-likeness (QED) is 0.684. The van der Waals surface area contributed by atoms with Gasteiger partial charge in [0, 0.05) is 0 Å². The zero-order chi connectivity index (χ0) is 16.9. The molecule has 0 saturated carbocycles. The largest absolute Gasteiger partial charge is 0.543 e. The van der Waals surface area contributed by atoms with Crippen molar-refractivity contribution in [3.63, 3.8) is 0 Å². The molecule has 1 N–H and O–H groups in total. The molecule has 1 aromatic rings. The van der Waals surface area contributed by atoms with Crippen molar-refractivity contribution in [3.05, 3.63) is 24.3 Å². The Morgan fingerprint density at radius 3 is 1.59 bits per heavy atom. The molecule has 0 fully saturated rings. The third kappa shape index (κ3) is 4.26. The molecule has 0 aliphatic heterocycles. The van der Waals surface area contributed by atoms with Gasteiger partial charge in [0.05, 0.1) is 6.61 Å². The van der Waals surface area contributed by atoms with E-state index in [9.17, 15) is 0 Å². The Morgan fingerprint density at radius 2 is 1.23 bits per heavy atom. The summed E-state index contributed by atoms with van der Waals surface area (Å²) in [6, 6.07) is 7.80. The van der Waals surface area contributed by atoms with Crippen LogP contribution in [-0.2, 0) is 0 Å². The van der Waals surface area contributed by atoms with Gasteiger partial charge in [-0.3, -0.25) is 0 Å². The van der Waals surface area contributed by atoms with Crippen LogP contribution < -0.4 is 9.16 Å². The van der Waals surface area contributed by atoms with Crippen molar-refractivity contribution in [1.82, 2.24) is 0 Å². The van der Waals surface area contributed by atoms with Crippen LogP contribution in [0, 0.1) is 0 Å². The van der Waals surface area contributed by atoms with E-state index in [1.807, 2.05) is 31.2 Å². The van der Waals surface area contributed by atoms with Gasteiger partial charge in [-0.25, -0.2) is 0 Å². The molecule has 0 spiro atoms. The lowest BCUT2D eigenvalue weighted by molar-refractivity contribution is 0.129. The summed E-state index contributed by atoms with van der Waals surface area (Å²) in [4.78, 5) is 0. The first-order chi connectivity index (χ1) is 10.2. The highest BCUT2D eigenvalue weighted by Gasteiger charge is 2.46. The first-order valence-corrected chi connectivity index (χ1v) is 10.4. The van der Waals surface area contributed by atoms with E-state index < -0.39 is 8.32 Å². The van der Waals surface area contributed by atoms with Gasteiger partial charge in [-0.1, -0.05) is 41.5 Å². The van der Waals surface area contributed by atoms with Gasteiger partial charge in [0.25, 0.3) is 8.32 Å². The van der Waals surface area contributed by atoms with Gasteiger partial charge in [0.15, 0.2) is 0 Å². The average molecular weight is 325 g/mol. The maximum Gasteiger partial charge on any atom is 0.258 e. The molecule has 0 amide bonds. The summed E-state index contributed by atoms with van der Waals surface area (Å²) >= 11 is 0. The fraction of sp³-hybridized carbons (Fsp3) is 0.667. The van der Waals surface area contributed by atoms with E-state index in [4.69, 9.17) is 14.3 Å². The van der Waals surface area contributed by atoms with Gasteiger partial charge in [0.1, 0.15) is 17.6 Å². The first-order valence-electron chi connectivity index (χ1n) is 8.30. The highest BCUT2D eigenvalue weighted by molar-refractivity contribution is 6.78. The Morgan fingerprint density at radius 1 is 0.818 bits per heavy atom. The minimum Gasteiger partial charge on any atom is -0.543 e. The normalized spacial score (nSPS) is 13.8. The summed E-state index contributed by atoms with van der Waals surface area (Å²) in [5.41, 5.74) is 1.66. The van der Waals surface area contributed by atoms with E-state index in [0.717, 1.165) is 11.5 Å². The van der Waals surface area contributed by atoms with E-state index >= 15 is 0 Å². The number of ether oxygens (including phenoxy) is 1. The van der Waals surface area contributed by atoms with E-state index in [1.54, 1.807) is 0 Å². The Kier molecular flexibility index (Phi) is 6.94. The van der Waals surface area contributed by atoms with Crippen LogP contribution in [0.4, 0.5) is 0 Å². The van der Waals surface area contributed by atoms with Crippen LogP contribution in [0.25, 0.3) is 0 Å². The summed E-state index contributed by atoms with van der Waals surface area (Å²) in [5.74, 6) is 1.69. The van der Waals surface area contributed by atoms with Crippen LogP contribution in [-0.4, -0.2) is 26.1 Å². The van der Waals surface area contributed by atoms with Crippen LogP contribution in [0.3, 0.4) is 0 Å². The van der Waals surface area contributed by atoms with Gasteiger partial charge in [-0.15, -0.1) is 0 Å². The molecule has 1 unspecified atom stereocenters. The molecule has 0 aromatic heterocycles. The molecule has 0 radical (unpaired) electrons. The lowest BCUT2D eigenvalue weighted by Crippen LogP contribution is -2.50. The van der Waals surface area contributed by atoms with Gasteiger partial charge in [-0.05, 0) is 47.8 Å². The summed E-state index contributed by atoms with van der Waals surface area (Å²) < 4.78 is 12.2. The molecule has 1 rings (SSSR count). The number of aliphatic hydroxyl groups excluding tert-OH is 1. The molecule has 3 nitrogen and oxygen atoms in total. The van der Waals surface area contributed by atoms with Crippen LogP contribution in [0.1, 0.15) is 48.5 Å². The van der Waals surface area contributed by atoms with Crippen LogP contribution >= 0.6 is 0 Å². The lowest BCUT2D eigenvalue weighted by Gasteiger charge is -2.42. The van der Waals surface area contributed by atoms with Crippen molar-refractivity contribution >= 4 is 8.32 Å². The maximum absolute atomic E-state index is 9.04. The highest BCUT2D eigenvalue weighted by atomic mass is 28.4. The maximum atomic E-state index is 9.04. The van der Waals surface area contributed by atoms with Crippen molar-refractivity contribution in [2.75, 3.05) is 6.61 Å². The predicted octanol–water partition coefficient (Wildman–Crippen LogP) is 5.00. The number of hydrogen-bond donors (Lipinski definition) is 1. The molecule has 0 bridgehead atoms. The fourth-order valence-corrected chi connectivity index (χ4v) is 8.66. The molecule has 0 aliphatic rings. The van der Waals surface area contributed by atoms with Crippen molar-refractivity contribution in [2.45, 2.75) is 71.2 Å². The van der Waals surface area contributed by atoms with E-state index in [2.05, 4.69) is 41.5 Å². The zero-order valence-corrected chi connectivity index (χ0v) is 16.1. The molecule has 126 valence electrons. The fourth-order valence-electron chi connectivity index (χ4n) is 3.41. The Balaban J connectivity index is 2.95. The van der Waals surface area contributed by atoms with E-state index in [1.165, 1.54) is 0 Å². The molecule has 22 heavy (non-hydrogen) atoms. The summed E-state index contributed by atoms with van der Waals surface area (Å²) in [6.45, 7) is 15.6. The van der Waals surface area contributed by atoms with Gasteiger partial charge in [0.2, 0.25) is 0 Å². The monoisotopic (exact) mass is 324 g/mol. The first kappa shape index (κ1) is 19.0. The number of hydrogen-bond acceptors (Lipinski definition) is 3. The summed E-state index contributed by atoms with van der Waals surface area (Å²) in [7, 11) is -1.91. The van der Waals surface area contributed by atoms with E-state index in [0.29, 0.717) is 16.6 Å². The summed E-state index contributed by atoms with van der Waals surface area (Å²) in [6.07, 6.45) is -0.192. The Labute approximate surface area is 136 Å². The van der Waals surface area contributed by atoms with Crippen LogP contribution in [0.5, 0.6) is 11.5 Å². The number of aliphatic hydroxyl groups is 1. The van der Waals surface area contributed by atoms with Crippen molar-refractivity contribution in [3.8, 4) is 11.5 Å². The van der Waals surface area contributed by atoms with Gasteiger partial charge >= 0.3 is 0 Å². The third-order valence-corrected chi connectivity index (χ3v) is 10.4. The molecular weight excluding hydrogens is 292 g/mol. The van der Waals surface area contributed by atoms with Crippen LogP contribution in [0.2, 0.25) is 16.6 Å². The van der Waals surface area contributed by atoms with Crippen molar-refractivity contribution < 1.29 is 14.3 Å². The summed E-state index contributed by atoms with van der Waals surface area (Å²) in [5, 5.41) is 9.04. The Bertz CT molecular complexity index is 418. The smallest absolute Gasteiger partial charge is 0.258 e. The standard InChI is InChI=1S/C18H32O3Si/c1-13(2)22(14(3)4,15(5)6)21-18-10-8-17(9-11-18)20-16(7)12-19/h8-11,13-16,19H,12H2,1-7H3. The van der Waals surface area contributed by atoms with Crippen molar-refractivity contribution in [1.29, 1.82) is 0 Å². The third-order valence-electron chi connectivity index (χ3n) is 4.42. The minimum atomic E-state index is -1.91. The topological polar surface area (TPSA) is 38.7 Å². The molecule has 4 heteroatoms. The minimum absolute atomic E-state index is 0.0162. The molecule has 0 saturated heterocycles. The van der Waals surface area contributed by atoms with E-state index in [-0.39, 0.29) is 12.7 Å². The average Bonchev–Trinajstić information content (AvgIpc) is 2.45. The number of rotatable bonds is 8. The van der Waals surface area contributed by atoms with Gasteiger partial charge in [-0.2, -0.15) is 0 Å². The predicted molar refractivity (Wildman–Crippen MR) is 95.3 cm³/mol. The number of benzene rings is 1. The second kappa shape index (κ2) is 8.02. The van der Waals surface area contributed by atoms with Crippen molar-refractivity contribution in [2.24, 2.45) is 0 Å². The van der Waals surface area contributed by atoms with Crippen LogP contribution in [0.15, 0.2) is 24.3 Å². The SMILES string of the molecule is CC(CO)Oc1ccc(O[Si](C(C)C)(C(C)C)C(C)C)cc1. The molecular formula is C18H32O3Si. The van der Waals surface area contributed by atoms with Gasteiger partial charge < -0.3 is 14.3 Å². The molecule has 1 aromatic carbocycles. The molecule has 1 atom stereocenters. The highest BCUT2D eigenvalue weighted by Crippen LogP contribution is 2.42. The molecule has 0 heterocycles. The Hall–Kier alpha value is -1.00. The second-order valence-corrected chi connectivity index (χ2v) is 12.4. The second-order valence-electron chi connectivity index (χ2n) is 7.00. The lowest BCUT2D eigenvalue weighted by atomic mass is 10.3. The molecule has 0 aliphatic carbocycles.